The van der Waals surface area contributed by atoms with Crippen LogP contribution in [0.3, 0.4) is 0 Å². The molecular formula is C18H17Cl3N4O3. The van der Waals surface area contributed by atoms with Gasteiger partial charge in [0.1, 0.15) is 0 Å². The van der Waals surface area contributed by atoms with E-state index in [1.807, 2.05) is 17.0 Å². The van der Waals surface area contributed by atoms with Crippen molar-refractivity contribution in [1.82, 2.24) is 4.90 Å². The molecule has 1 saturated heterocycles. The number of hydrogen-bond acceptors (Lipinski definition) is 5. The van der Waals surface area contributed by atoms with E-state index >= 15 is 0 Å². The lowest BCUT2D eigenvalue weighted by Crippen LogP contribution is -2.48. The van der Waals surface area contributed by atoms with Gasteiger partial charge in [-0.15, -0.1) is 0 Å². The lowest BCUT2D eigenvalue weighted by atomic mass is 10.2. The van der Waals surface area contributed by atoms with E-state index in [9.17, 15) is 14.9 Å². The Balaban J connectivity index is 1.54. The maximum atomic E-state index is 12.3. The lowest BCUT2D eigenvalue weighted by Gasteiger charge is -2.35. The molecule has 0 radical (unpaired) electrons. The minimum absolute atomic E-state index is 0.130. The van der Waals surface area contributed by atoms with Crippen molar-refractivity contribution in [3.63, 3.8) is 0 Å². The number of non-ortho nitro benzene ring substituents is 1. The number of carbonyl (C=O) groups is 1. The van der Waals surface area contributed by atoms with Gasteiger partial charge in [0.2, 0.25) is 5.91 Å². The molecule has 2 aromatic carbocycles. The molecule has 0 aliphatic carbocycles. The van der Waals surface area contributed by atoms with Crippen LogP contribution in [-0.2, 0) is 4.79 Å². The number of amides is 1. The van der Waals surface area contributed by atoms with Crippen LogP contribution < -0.4 is 10.2 Å². The Morgan fingerprint density at radius 3 is 2.32 bits per heavy atom. The van der Waals surface area contributed by atoms with E-state index in [4.69, 9.17) is 34.8 Å². The summed E-state index contributed by atoms with van der Waals surface area (Å²) in [5.74, 6) is -0.273. The summed E-state index contributed by atoms with van der Waals surface area (Å²) in [4.78, 5) is 26.8. The first-order chi connectivity index (χ1) is 13.3. The number of nitro benzene ring substituents is 1. The second-order valence-electron chi connectivity index (χ2n) is 6.33. The predicted molar refractivity (Wildman–Crippen MR) is 112 cm³/mol. The molecule has 10 heteroatoms. The summed E-state index contributed by atoms with van der Waals surface area (Å²) in [5.41, 5.74) is 1.09. The minimum Gasteiger partial charge on any atom is -0.369 e. The molecular weight excluding hydrogens is 427 g/mol. The molecule has 1 aliphatic heterocycles. The lowest BCUT2D eigenvalue weighted by molar-refractivity contribution is -0.384. The van der Waals surface area contributed by atoms with Gasteiger partial charge >= 0.3 is 0 Å². The molecule has 28 heavy (non-hydrogen) atoms. The number of anilines is 2. The van der Waals surface area contributed by atoms with E-state index in [1.54, 1.807) is 6.07 Å². The van der Waals surface area contributed by atoms with Crippen LogP contribution in [0.1, 0.15) is 0 Å². The van der Waals surface area contributed by atoms with Gasteiger partial charge in [0, 0.05) is 44.0 Å². The highest BCUT2D eigenvalue weighted by molar-refractivity contribution is 6.42. The molecule has 1 amide bonds. The van der Waals surface area contributed by atoms with Gasteiger partial charge in [-0.05, 0) is 24.3 Å². The third kappa shape index (κ3) is 5.05. The Morgan fingerprint density at radius 1 is 1.00 bits per heavy atom. The van der Waals surface area contributed by atoms with Crippen molar-refractivity contribution >= 4 is 57.8 Å². The van der Waals surface area contributed by atoms with E-state index in [-0.39, 0.29) is 28.8 Å². The number of carbonyl (C=O) groups excluding carboxylic acids is 1. The van der Waals surface area contributed by atoms with Crippen molar-refractivity contribution < 1.29 is 9.72 Å². The molecule has 148 valence electrons. The Bertz CT molecular complexity index is 902. The van der Waals surface area contributed by atoms with E-state index in [0.717, 1.165) is 18.8 Å². The zero-order valence-corrected chi connectivity index (χ0v) is 17.0. The van der Waals surface area contributed by atoms with Crippen LogP contribution in [0.2, 0.25) is 15.1 Å². The van der Waals surface area contributed by atoms with Crippen molar-refractivity contribution in [2.45, 2.75) is 0 Å². The fourth-order valence-electron chi connectivity index (χ4n) is 2.96. The molecule has 2 aromatic rings. The summed E-state index contributed by atoms with van der Waals surface area (Å²) in [7, 11) is 0. The van der Waals surface area contributed by atoms with Crippen molar-refractivity contribution in [2.24, 2.45) is 0 Å². The Morgan fingerprint density at radius 2 is 1.68 bits per heavy atom. The molecule has 0 spiro atoms. The molecule has 0 saturated carbocycles. The normalized spacial score (nSPS) is 14.8. The molecule has 7 nitrogen and oxygen atoms in total. The number of nitrogens with zero attached hydrogens (tertiary/aromatic N) is 3. The van der Waals surface area contributed by atoms with Crippen LogP contribution in [0.4, 0.5) is 17.1 Å². The fourth-order valence-corrected chi connectivity index (χ4v) is 3.42. The van der Waals surface area contributed by atoms with Crippen LogP contribution in [0, 0.1) is 10.1 Å². The van der Waals surface area contributed by atoms with Crippen molar-refractivity contribution in [3.8, 4) is 0 Å². The third-order valence-electron chi connectivity index (χ3n) is 4.44. The highest BCUT2D eigenvalue weighted by Crippen LogP contribution is 2.28. The van der Waals surface area contributed by atoms with E-state index in [2.05, 4.69) is 10.2 Å². The first-order valence-corrected chi connectivity index (χ1v) is 9.63. The summed E-state index contributed by atoms with van der Waals surface area (Å²) in [6.07, 6.45) is 0. The van der Waals surface area contributed by atoms with Crippen LogP contribution in [0.15, 0.2) is 36.4 Å². The van der Waals surface area contributed by atoms with E-state index < -0.39 is 4.92 Å². The smallest absolute Gasteiger partial charge is 0.271 e. The maximum absolute atomic E-state index is 12.3. The minimum atomic E-state index is -0.534. The summed E-state index contributed by atoms with van der Waals surface area (Å²) >= 11 is 18.1. The van der Waals surface area contributed by atoms with Gasteiger partial charge in [0.05, 0.1) is 32.2 Å². The van der Waals surface area contributed by atoms with Crippen LogP contribution in [0.5, 0.6) is 0 Å². The zero-order valence-electron chi connectivity index (χ0n) is 14.7. The van der Waals surface area contributed by atoms with Gasteiger partial charge in [-0.2, -0.15) is 0 Å². The van der Waals surface area contributed by atoms with Crippen molar-refractivity contribution in [2.75, 3.05) is 42.9 Å². The quantitative estimate of drug-likeness (QED) is 0.550. The molecule has 1 heterocycles. The molecule has 0 unspecified atom stereocenters. The summed E-state index contributed by atoms with van der Waals surface area (Å²) < 4.78 is 0. The Hall–Kier alpha value is -2.06. The van der Waals surface area contributed by atoms with Crippen LogP contribution >= 0.6 is 34.8 Å². The highest BCUT2D eigenvalue weighted by atomic mass is 35.5. The first-order valence-electron chi connectivity index (χ1n) is 8.49. The number of piperazine rings is 1. The molecule has 1 N–H and O–H groups in total. The third-order valence-corrected chi connectivity index (χ3v) is 5.51. The molecule has 3 rings (SSSR count). The van der Waals surface area contributed by atoms with Gasteiger partial charge in [-0.25, -0.2) is 0 Å². The van der Waals surface area contributed by atoms with Crippen LogP contribution in [-0.4, -0.2) is 48.5 Å². The monoisotopic (exact) mass is 442 g/mol. The highest BCUT2D eigenvalue weighted by Gasteiger charge is 2.20. The SMILES string of the molecule is O=C(CN1CCN(c2ccc(Cl)c(Cl)c2)CC1)Nc1cc([N+](=O)[O-])ccc1Cl. The summed E-state index contributed by atoms with van der Waals surface area (Å²) in [6.45, 7) is 3.03. The van der Waals surface area contributed by atoms with Crippen LogP contribution in [0.25, 0.3) is 0 Å². The Kier molecular flexibility index (Phi) is 6.61. The number of hydrogen-bond donors (Lipinski definition) is 1. The average molecular weight is 444 g/mol. The standard InChI is InChI=1S/C18H17Cl3N4O3/c19-14-3-1-12(9-16(14)21)24-7-5-23(6-8-24)11-18(26)22-17-10-13(25(27)28)2-4-15(17)20/h1-4,9-10H,5-8,11H2,(H,22,26). The number of benzene rings is 2. The fraction of sp³-hybridized carbons (Fsp3) is 0.278. The molecule has 0 aromatic heterocycles. The van der Waals surface area contributed by atoms with E-state index in [1.165, 1.54) is 18.2 Å². The second kappa shape index (κ2) is 8.96. The summed E-state index contributed by atoms with van der Waals surface area (Å²) in [6, 6.07) is 9.45. The van der Waals surface area contributed by atoms with Gasteiger partial charge < -0.3 is 10.2 Å². The number of nitrogens with one attached hydrogen (secondary N) is 1. The first kappa shape index (κ1) is 20.7. The predicted octanol–water partition coefficient (Wildman–Crippen LogP) is 4.32. The van der Waals surface area contributed by atoms with Gasteiger partial charge in [0.15, 0.2) is 0 Å². The number of nitro groups is 1. The summed E-state index contributed by atoms with van der Waals surface area (Å²) in [5, 5.41) is 14.8. The van der Waals surface area contributed by atoms with Crippen molar-refractivity contribution in [3.05, 3.63) is 61.6 Å². The largest absolute Gasteiger partial charge is 0.369 e. The molecule has 1 aliphatic rings. The number of rotatable bonds is 5. The van der Waals surface area contributed by atoms with Gasteiger partial charge in [0.25, 0.3) is 5.69 Å². The topological polar surface area (TPSA) is 78.7 Å². The van der Waals surface area contributed by atoms with Gasteiger partial charge in [-0.1, -0.05) is 34.8 Å². The van der Waals surface area contributed by atoms with Gasteiger partial charge in [-0.3, -0.25) is 19.8 Å². The average Bonchev–Trinajstić information content (AvgIpc) is 2.66. The molecule has 0 bridgehead atoms. The molecule has 1 fully saturated rings. The number of halogens is 3. The second-order valence-corrected chi connectivity index (χ2v) is 7.55. The maximum Gasteiger partial charge on any atom is 0.271 e. The molecule has 0 atom stereocenters. The van der Waals surface area contributed by atoms with E-state index in [0.29, 0.717) is 23.1 Å². The van der Waals surface area contributed by atoms with Crippen molar-refractivity contribution in [1.29, 1.82) is 0 Å². The Labute approximate surface area is 176 Å². The zero-order chi connectivity index (χ0) is 20.3.